The lowest BCUT2D eigenvalue weighted by Crippen LogP contribution is -1.97. The summed E-state index contributed by atoms with van der Waals surface area (Å²) in [6, 6.07) is 21.4. The summed E-state index contributed by atoms with van der Waals surface area (Å²) in [4.78, 5) is 4.27. The van der Waals surface area contributed by atoms with Crippen molar-refractivity contribution in [1.82, 2.24) is 9.66 Å². The monoisotopic (exact) mass is 302 g/mol. The van der Waals surface area contributed by atoms with Crippen LogP contribution in [0.3, 0.4) is 0 Å². The second-order valence-electron chi connectivity index (χ2n) is 5.08. The fourth-order valence-electron chi connectivity index (χ4n) is 2.45. The first-order valence-corrected chi connectivity index (χ1v) is 7.24. The van der Waals surface area contributed by atoms with Gasteiger partial charge < -0.3 is 10.2 Å². The zero-order valence-electron chi connectivity index (χ0n) is 12.3. The van der Waals surface area contributed by atoms with E-state index in [-0.39, 0.29) is 0 Å². The largest absolute Gasteiger partial charge is 0.455 e. The maximum absolute atomic E-state index is 5.92. The fourth-order valence-corrected chi connectivity index (χ4v) is 2.45. The summed E-state index contributed by atoms with van der Waals surface area (Å²) in [5.41, 5.74) is 8.62. The van der Waals surface area contributed by atoms with Gasteiger partial charge in [-0.3, -0.25) is 0 Å². The van der Waals surface area contributed by atoms with Crippen molar-refractivity contribution < 1.29 is 4.42 Å². The van der Waals surface area contributed by atoms with Gasteiger partial charge >= 0.3 is 0 Å². The first-order chi connectivity index (χ1) is 11.3. The number of fused-ring (bicyclic) bond motifs is 1. The van der Waals surface area contributed by atoms with Crippen molar-refractivity contribution in [3.05, 3.63) is 72.5 Å². The van der Waals surface area contributed by atoms with Crippen molar-refractivity contribution in [2.24, 2.45) is 5.10 Å². The molecular weight excluding hydrogens is 288 g/mol. The molecule has 23 heavy (non-hydrogen) atoms. The van der Waals surface area contributed by atoms with Crippen LogP contribution in [0.1, 0.15) is 5.76 Å². The van der Waals surface area contributed by atoms with E-state index in [0.717, 1.165) is 22.4 Å². The minimum Gasteiger partial charge on any atom is -0.455 e. The van der Waals surface area contributed by atoms with E-state index in [1.54, 1.807) is 10.9 Å². The molecule has 5 nitrogen and oxygen atoms in total. The van der Waals surface area contributed by atoms with Gasteiger partial charge in [0.1, 0.15) is 11.5 Å². The van der Waals surface area contributed by atoms with Crippen molar-refractivity contribution in [2.45, 2.75) is 0 Å². The molecular formula is C18H14N4O. The number of aromatic nitrogens is 2. The molecule has 2 aromatic heterocycles. The SMILES string of the molecule is Nc1nc2ccccc2n1N=Cc1ccc(-c2ccccc2)o1. The summed E-state index contributed by atoms with van der Waals surface area (Å²) in [5.74, 6) is 1.80. The molecule has 0 unspecified atom stereocenters. The van der Waals surface area contributed by atoms with Crippen molar-refractivity contribution in [3.8, 4) is 11.3 Å². The van der Waals surface area contributed by atoms with Crippen LogP contribution in [-0.4, -0.2) is 15.9 Å². The molecule has 0 atom stereocenters. The highest BCUT2D eigenvalue weighted by atomic mass is 16.3. The van der Waals surface area contributed by atoms with Crippen LogP contribution in [0.4, 0.5) is 5.95 Å². The number of para-hydroxylation sites is 2. The van der Waals surface area contributed by atoms with Gasteiger partial charge in [0.25, 0.3) is 0 Å². The molecule has 0 bridgehead atoms. The molecule has 0 saturated carbocycles. The number of nitrogens with zero attached hydrogens (tertiary/aromatic N) is 3. The maximum Gasteiger partial charge on any atom is 0.222 e. The van der Waals surface area contributed by atoms with Crippen LogP contribution >= 0.6 is 0 Å². The van der Waals surface area contributed by atoms with E-state index in [2.05, 4.69) is 10.1 Å². The molecule has 0 aliphatic heterocycles. The smallest absolute Gasteiger partial charge is 0.222 e. The molecule has 0 aliphatic rings. The minimum absolute atomic E-state index is 0.345. The Morgan fingerprint density at radius 2 is 1.74 bits per heavy atom. The third-order valence-electron chi connectivity index (χ3n) is 3.55. The molecule has 4 rings (SSSR count). The van der Waals surface area contributed by atoms with Crippen LogP contribution in [0.5, 0.6) is 0 Å². The van der Waals surface area contributed by atoms with Crippen molar-refractivity contribution in [2.75, 3.05) is 5.73 Å². The van der Waals surface area contributed by atoms with E-state index in [1.807, 2.05) is 66.7 Å². The van der Waals surface area contributed by atoms with Gasteiger partial charge in [-0.2, -0.15) is 9.78 Å². The van der Waals surface area contributed by atoms with Crippen LogP contribution in [-0.2, 0) is 0 Å². The molecule has 2 N–H and O–H groups in total. The van der Waals surface area contributed by atoms with Crippen LogP contribution in [0.15, 0.2) is 76.2 Å². The molecule has 0 saturated heterocycles. The number of anilines is 1. The molecule has 0 amide bonds. The highest BCUT2D eigenvalue weighted by Gasteiger charge is 2.06. The van der Waals surface area contributed by atoms with Crippen molar-refractivity contribution >= 4 is 23.2 Å². The average Bonchev–Trinajstić information content (AvgIpc) is 3.18. The molecule has 112 valence electrons. The lowest BCUT2D eigenvalue weighted by atomic mass is 10.2. The number of hydrogen-bond donors (Lipinski definition) is 1. The third-order valence-corrected chi connectivity index (χ3v) is 3.55. The zero-order chi connectivity index (χ0) is 15.6. The Morgan fingerprint density at radius 1 is 0.957 bits per heavy atom. The number of nitrogen functional groups attached to an aromatic ring is 1. The van der Waals surface area contributed by atoms with Gasteiger partial charge in [-0.15, -0.1) is 0 Å². The summed E-state index contributed by atoms with van der Waals surface area (Å²) >= 11 is 0. The van der Waals surface area contributed by atoms with Gasteiger partial charge in [-0.1, -0.05) is 42.5 Å². The second kappa shape index (κ2) is 5.46. The fraction of sp³-hybridized carbons (Fsp3) is 0. The normalized spacial score (nSPS) is 11.5. The van der Waals surface area contributed by atoms with Gasteiger partial charge in [-0.25, -0.2) is 4.98 Å². The Balaban J connectivity index is 1.66. The van der Waals surface area contributed by atoms with Gasteiger partial charge in [0.15, 0.2) is 0 Å². The molecule has 2 aromatic carbocycles. The minimum atomic E-state index is 0.345. The number of imidazole rings is 1. The van der Waals surface area contributed by atoms with Crippen molar-refractivity contribution in [1.29, 1.82) is 0 Å². The first kappa shape index (κ1) is 13.3. The Morgan fingerprint density at radius 3 is 2.61 bits per heavy atom. The zero-order valence-corrected chi connectivity index (χ0v) is 12.3. The van der Waals surface area contributed by atoms with E-state index in [0.29, 0.717) is 11.7 Å². The lowest BCUT2D eigenvalue weighted by Gasteiger charge is -1.97. The van der Waals surface area contributed by atoms with E-state index in [9.17, 15) is 0 Å². The Labute approximate surface area is 132 Å². The van der Waals surface area contributed by atoms with E-state index in [4.69, 9.17) is 10.2 Å². The van der Waals surface area contributed by atoms with Gasteiger partial charge in [0.05, 0.1) is 17.2 Å². The predicted molar refractivity (Wildman–Crippen MR) is 91.3 cm³/mol. The molecule has 4 aromatic rings. The quantitative estimate of drug-likeness (QED) is 0.586. The average molecular weight is 302 g/mol. The third kappa shape index (κ3) is 2.48. The molecule has 0 spiro atoms. The van der Waals surface area contributed by atoms with Crippen LogP contribution in [0.25, 0.3) is 22.4 Å². The lowest BCUT2D eigenvalue weighted by molar-refractivity contribution is 0.574. The Kier molecular flexibility index (Phi) is 3.16. The highest BCUT2D eigenvalue weighted by Crippen LogP contribution is 2.21. The predicted octanol–water partition coefficient (Wildman–Crippen LogP) is 3.76. The molecule has 0 fully saturated rings. The summed E-state index contributed by atoms with van der Waals surface area (Å²) < 4.78 is 7.39. The summed E-state index contributed by atoms with van der Waals surface area (Å²) in [6.45, 7) is 0. The van der Waals surface area contributed by atoms with Crippen LogP contribution in [0.2, 0.25) is 0 Å². The first-order valence-electron chi connectivity index (χ1n) is 7.24. The standard InChI is InChI=1S/C18H14N4O/c19-18-21-15-8-4-5-9-16(15)22(18)20-12-14-10-11-17(23-14)13-6-2-1-3-7-13/h1-12H,(H2,19,21). The number of furan rings is 1. The molecule has 2 heterocycles. The molecule has 0 radical (unpaired) electrons. The number of benzene rings is 2. The van der Waals surface area contributed by atoms with Gasteiger partial charge in [-0.05, 0) is 24.3 Å². The second-order valence-corrected chi connectivity index (χ2v) is 5.08. The van der Waals surface area contributed by atoms with Gasteiger partial charge in [0, 0.05) is 5.56 Å². The topological polar surface area (TPSA) is 69.3 Å². The Hall–Kier alpha value is -3.34. The summed E-state index contributed by atoms with van der Waals surface area (Å²) in [5, 5.41) is 4.38. The van der Waals surface area contributed by atoms with Crippen molar-refractivity contribution in [3.63, 3.8) is 0 Å². The summed E-state index contributed by atoms with van der Waals surface area (Å²) in [6.07, 6.45) is 1.64. The van der Waals surface area contributed by atoms with Crippen LogP contribution < -0.4 is 5.73 Å². The number of hydrogen-bond acceptors (Lipinski definition) is 4. The maximum atomic E-state index is 5.92. The summed E-state index contributed by atoms with van der Waals surface area (Å²) in [7, 11) is 0. The number of nitrogens with two attached hydrogens (primary N) is 1. The number of rotatable bonds is 3. The van der Waals surface area contributed by atoms with E-state index >= 15 is 0 Å². The molecule has 0 aliphatic carbocycles. The Bertz CT molecular complexity index is 983. The van der Waals surface area contributed by atoms with Crippen LogP contribution in [0, 0.1) is 0 Å². The van der Waals surface area contributed by atoms with Gasteiger partial charge in [0.2, 0.25) is 5.95 Å². The van der Waals surface area contributed by atoms with E-state index < -0.39 is 0 Å². The highest BCUT2D eigenvalue weighted by molar-refractivity contribution is 5.81. The van der Waals surface area contributed by atoms with E-state index in [1.165, 1.54) is 0 Å². The molecule has 5 heteroatoms.